The van der Waals surface area contributed by atoms with Crippen LogP contribution in [-0.2, 0) is 11.3 Å². The number of amides is 1. The minimum absolute atomic E-state index is 0.151. The fourth-order valence-corrected chi connectivity index (χ4v) is 4.89. The Morgan fingerprint density at radius 2 is 1.85 bits per heavy atom. The number of ether oxygens (including phenoxy) is 2. The number of hydrogen-bond donors (Lipinski definition) is 0. The predicted octanol–water partition coefficient (Wildman–Crippen LogP) is 6.41. The Morgan fingerprint density at radius 3 is 2.55 bits per heavy atom. The number of benzene rings is 2. The van der Waals surface area contributed by atoms with Crippen LogP contribution in [0.1, 0.15) is 22.5 Å². The number of rotatable bonds is 8. The van der Waals surface area contributed by atoms with Crippen molar-refractivity contribution in [1.29, 1.82) is 0 Å². The van der Waals surface area contributed by atoms with E-state index in [1.807, 2.05) is 44.2 Å². The molecule has 0 spiro atoms. The summed E-state index contributed by atoms with van der Waals surface area (Å²) in [6.45, 7) is 5.11. The smallest absolute Gasteiger partial charge is 0.266 e. The molecule has 0 radical (unpaired) electrons. The largest absolute Gasteiger partial charge is 0.489 e. The van der Waals surface area contributed by atoms with E-state index < -0.39 is 0 Å². The molecule has 1 aliphatic heterocycles. The number of furan rings is 1. The molecule has 1 aliphatic rings. The lowest BCUT2D eigenvalue weighted by molar-refractivity contribution is -0.122. The number of hydrogen-bond acceptors (Lipinski definition) is 6. The summed E-state index contributed by atoms with van der Waals surface area (Å²) in [5.74, 6) is 1.97. The van der Waals surface area contributed by atoms with Gasteiger partial charge in [-0.3, -0.25) is 9.69 Å². The van der Waals surface area contributed by atoms with Crippen LogP contribution in [0, 0.1) is 13.8 Å². The molecule has 1 saturated heterocycles. The Bertz CT molecular complexity index is 1190. The maximum atomic E-state index is 12.8. The number of thiocarbonyl (C=S) groups is 1. The number of halogens is 1. The minimum atomic E-state index is -0.151. The number of aryl methyl sites for hydroxylation is 2. The summed E-state index contributed by atoms with van der Waals surface area (Å²) in [6.07, 6.45) is 3.35. The van der Waals surface area contributed by atoms with Gasteiger partial charge in [-0.15, -0.1) is 0 Å². The molecule has 0 saturated carbocycles. The molecular formula is C25H22ClNO4S2. The van der Waals surface area contributed by atoms with Gasteiger partial charge in [0, 0.05) is 0 Å². The number of nitrogens with zero attached hydrogens (tertiary/aromatic N) is 1. The first-order chi connectivity index (χ1) is 15.9. The van der Waals surface area contributed by atoms with Crippen LogP contribution in [0.4, 0.5) is 0 Å². The average molecular weight is 500 g/mol. The van der Waals surface area contributed by atoms with Crippen molar-refractivity contribution in [2.24, 2.45) is 0 Å². The van der Waals surface area contributed by atoms with E-state index in [0.29, 0.717) is 45.5 Å². The normalized spacial score (nSPS) is 14.9. The molecule has 0 N–H and O–H groups in total. The Hall–Kier alpha value is -2.74. The molecule has 2 aromatic carbocycles. The zero-order valence-electron chi connectivity index (χ0n) is 18.2. The molecule has 2 heterocycles. The highest BCUT2D eigenvalue weighted by Crippen LogP contribution is 2.35. The van der Waals surface area contributed by atoms with Gasteiger partial charge in [-0.25, -0.2) is 0 Å². The van der Waals surface area contributed by atoms with Crippen LogP contribution in [0.25, 0.3) is 6.08 Å². The van der Waals surface area contributed by atoms with E-state index in [1.165, 1.54) is 16.7 Å². The third kappa shape index (κ3) is 5.61. The van der Waals surface area contributed by atoms with Crippen molar-refractivity contribution in [3.05, 3.63) is 87.2 Å². The van der Waals surface area contributed by atoms with E-state index in [9.17, 15) is 4.79 Å². The van der Waals surface area contributed by atoms with Crippen LogP contribution in [-0.4, -0.2) is 28.3 Å². The van der Waals surface area contributed by atoms with Crippen molar-refractivity contribution in [3.63, 3.8) is 0 Å². The van der Waals surface area contributed by atoms with Crippen LogP contribution < -0.4 is 9.47 Å². The second kappa shape index (κ2) is 10.5. The Kier molecular flexibility index (Phi) is 7.42. The lowest BCUT2D eigenvalue weighted by Crippen LogP contribution is -2.27. The Morgan fingerprint density at radius 1 is 1.09 bits per heavy atom. The highest BCUT2D eigenvalue weighted by atomic mass is 35.5. The van der Waals surface area contributed by atoms with Crippen LogP contribution >= 0.6 is 35.6 Å². The van der Waals surface area contributed by atoms with Crippen molar-refractivity contribution < 1.29 is 18.7 Å². The lowest BCUT2D eigenvalue weighted by Gasteiger charge is -2.13. The summed E-state index contributed by atoms with van der Waals surface area (Å²) in [4.78, 5) is 14.8. The van der Waals surface area contributed by atoms with E-state index in [2.05, 4.69) is 0 Å². The van der Waals surface area contributed by atoms with Gasteiger partial charge in [-0.05, 0) is 60.9 Å². The van der Waals surface area contributed by atoms with Crippen LogP contribution in [0.2, 0.25) is 5.02 Å². The SMILES string of the molecule is Cc1cccc(C)c1OCCOc1ccc(/C=C2\SC(=S)N(Cc3ccco3)C2=O)cc1Cl. The van der Waals surface area contributed by atoms with E-state index >= 15 is 0 Å². The van der Waals surface area contributed by atoms with Crippen molar-refractivity contribution in [2.75, 3.05) is 13.2 Å². The third-order valence-corrected chi connectivity index (χ3v) is 6.69. The molecule has 0 unspecified atom stereocenters. The minimum Gasteiger partial charge on any atom is -0.489 e. The second-order valence-electron chi connectivity index (χ2n) is 7.45. The first kappa shape index (κ1) is 23.4. The topological polar surface area (TPSA) is 51.9 Å². The number of carbonyl (C=O) groups is 1. The van der Waals surface area contributed by atoms with Gasteiger partial charge in [0.1, 0.15) is 34.8 Å². The fraction of sp³-hybridized carbons (Fsp3) is 0.200. The standard InChI is InChI=1S/C25H22ClNO4S2/c1-16-5-3-6-17(2)23(16)31-12-11-30-21-9-8-18(13-20(21)26)14-22-24(28)27(25(32)33-22)15-19-7-4-10-29-19/h3-10,13-14H,11-12,15H2,1-2H3/b22-14-. The summed E-state index contributed by atoms with van der Waals surface area (Å²) in [5.41, 5.74) is 2.97. The van der Waals surface area contributed by atoms with Gasteiger partial charge in [0.2, 0.25) is 0 Å². The molecule has 3 aromatic rings. The lowest BCUT2D eigenvalue weighted by atomic mass is 10.1. The monoisotopic (exact) mass is 499 g/mol. The van der Waals surface area contributed by atoms with E-state index in [-0.39, 0.29) is 5.91 Å². The molecule has 170 valence electrons. The molecule has 0 aliphatic carbocycles. The molecule has 33 heavy (non-hydrogen) atoms. The zero-order chi connectivity index (χ0) is 23.4. The molecule has 1 aromatic heterocycles. The van der Waals surface area contributed by atoms with Crippen LogP contribution in [0.3, 0.4) is 0 Å². The molecule has 0 atom stereocenters. The quantitative estimate of drug-likeness (QED) is 0.203. The van der Waals surface area contributed by atoms with Gasteiger partial charge in [0.25, 0.3) is 5.91 Å². The maximum absolute atomic E-state index is 12.8. The van der Waals surface area contributed by atoms with E-state index in [1.54, 1.807) is 30.5 Å². The molecule has 1 fully saturated rings. The number of thioether (sulfide) groups is 1. The van der Waals surface area contributed by atoms with Crippen molar-refractivity contribution in [1.82, 2.24) is 4.90 Å². The molecule has 8 heteroatoms. The second-order valence-corrected chi connectivity index (χ2v) is 9.54. The van der Waals surface area contributed by atoms with Crippen molar-refractivity contribution >= 4 is 51.9 Å². The molecule has 4 rings (SSSR count). The summed E-state index contributed by atoms with van der Waals surface area (Å²) in [5, 5.41) is 0.460. The summed E-state index contributed by atoms with van der Waals surface area (Å²) < 4.78 is 17.5. The first-order valence-corrected chi connectivity index (χ1v) is 11.9. The fourth-order valence-electron chi connectivity index (χ4n) is 3.39. The summed E-state index contributed by atoms with van der Waals surface area (Å²) >= 11 is 13.0. The van der Waals surface area contributed by atoms with Crippen LogP contribution in [0.5, 0.6) is 11.5 Å². The van der Waals surface area contributed by atoms with Gasteiger partial charge >= 0.3 is 0 Å². The van der Waals surface area contributed by atoms with Gasteiger partial charge in [-0.1, -0.05) is 59.8 Å². The van der Waals surface area contributed by atoms with Gasteiger partial charge in [-0.2, -0.15) is 0 Å². The van der Waals surface area contributed by atoms with E-state index in [4.69, 9.17) is 37.7 Å². The highest BCUT2D eigenvalue weighted by Gasteiger charge is 2.32. The number of carbonyl (C=O) groups excluding carboxylic acids is 1. The maximum Gasteiger partial charge on any atom is 0.266 e. The average Bonchev–Trinajstić information content (AvgIpc) is 3.38. The first-order valence-electron chi connectivity index (χ1n) is 10.3. The number of para-hydroxylation sites is 1. The molecular weight excluding hydrogens is 478 g/mol. The predicted molar refractivity (Wildman–Crippen MR) is 136 cm³/mol. The molecule has 1 amide bonds. The summed E-state index contributed by atoms with van der Waals surface area (Å²) in [7, 11) is 0. The van der Waals surface area contributed by atoms with Crippen LogP contribution in [0.15, 0.2) is 64.1 Å². The van der Waals surface area contributed by atoms with Gasteiger partial charge in [0.05, 0.1) is 22.7 Å². The molecule has 5 nitrogen and oxygen atoms in total. The van der Waals surface area contributed by atoms with Crippen molar-refractivity contribution in [3.8, 4) is 11.5 Å². The van der Waals surface area contributed by atoms with Crippen molar-refractivity contribution in [2.45, 2.75) is 20.4 Å². The third-order valence-electron chi connectivity index (χ3n) is 5.02. The zero-order valence-corrected chi connectivity index (χ0v) is 20.6. The Balaban J connectivity index is 1.36. The highest BCUT2D eigenvalue weighted by molar-refractivity contribution is 8.26. The van der Waals surface area contributed by atoms with E-state index in [0.717, 1.165) is 22.4 Å². The Labute approximate surface area is 207 Å². The van der Waals surface area contributed by atoms with Gasteiger partial charge < -0.3 is 13.9 Å². The molecule has 0 bridgehead atoms. The summed E-state index contributed by atoms with van der Waals surface area (Å²) in [6, 6.07) is 15.0. The van der Waals surface area contributed by atoms with Gasteiger partial charge in [0.15, 0.2) is 0 Å².